The first-order valence-electron chi connectivity index (χ1n) is 9.37. The van der Waals surface area contributed by atoms with Crippen LogP contribution in [0.3, 0.4) is 0 Å². The highest BCUT2D eigenvalue weighted by molar-refractivity contribution is 5.98. The lowest BCUT2D eigenvalue weighted by molar-refractivity contribution is -0.117. The predicted octanol–water partition coefficient (Wildman–Crippen LogP) is 2.53. The molecule has 154 valence electrons. The van der Waals surface area contributed by atoms with Gasteiger partial charge < -0.3 is 15.2 Å². The number of carbonyl (C=O) groups is 2. The van der Waals surface area contributed by atoms with Crippen LogP contribution in [-0.2, 0) is 4.79 Å². The minimum absolute atomic E-state index is 0.0180. The molecule has 0 fully saturated rings. The first-order valence-corrected chi connectivity index (χ1v) is 9.37. The van der Waals surface area contributed by atoms with Gasteiger partial charge in [0.2, 0.25) is 0 Å². The van der Waals surface area contributed by atoms with Crippen LogP contribution in [0.25, 0.3) is 16.8 Å². The van der Waals surface area contributed by atoms with E-state index in [1.165, 1.54) is 12.1 Å². The molecular weight excluding hydrogens is 384 g/mol. The molecule has 0 saturated heterocycles. The van der Waals surface area contributed by atoms with Gasteiger partial charge in [-0.15, -0.1) is 0 Å². The van der Waals surface area contributed by atoms with Crippen LogP contribution in [0.4, 0.5) is 0 Å². The highest BCUT2D eigenvalue weighted by Gasteiger charge is 2.12. The van der Waals surface area contributed by atoms with Crippen molar-refractivity contribution in [1.82, 2.24) is 10.8 Å². The Labute approximate surface area is 173 Å². The Bertz CT molecular complexity index is 1060. The molecule has 0 aliphatic carbocycles. The lowest BCUT2D eigenvalue weighted by atomic mass is 10.1. The van der Waals surface area contributed by atoms with E-state index in [1.807, 2.05) is 42.5 Å². The minimum atomic E-state index is -0.620. The Hall–Kier alpha value is -3.68. The van der Waals surface area contributed by atoms with Gasteiger partial charge in [0.05, 0.1) is 12.2 Å². The molecular formula is C23H22N2O5. The van der Waals surface area contributed by atoms with Gasteiger partial charge in [-0.3, -0.25) is 14.8 Å². The zero-order valence-electron chi connectivity index (χ0n) is 16.2. The monoisotopic (exact) mass is 406 g/mol. The first kappa shape index (κ1) is 21.0. The van der Waals surface area contributed by atoms with Crippen molar-refractivity contribution < 1.29 is 24.6 Å². The number of rotatable bonds is 8. The smallest absolute Gasteiger partial charge is 0.274 e. The Kier molecular flexibility index (Phi) is 7.15. The molecule has 0 aliphatic rings. The van der Waals surface area contributed by atoms with Gasteiger partial charge in [-0.2, -0.15) is 0 Å². The average molecular weight is 406 g/mol. The fourth-order valence-electron chi connectivity index (χ4n) is 2.93. The number of hydrogen-bond acceptors (Lipinski definition) is 5. The van der Waals surface area contributed by atoms with Crippen molar-refractivity contribution >= 4 is 28.7 Å². The summed E-state index contributed by atoms with van der Waals surface area (Å²) in [5, 5.41) is 22.3. The number of amides is 2. The summed E-state index contributed by atoms with van der Waals surface area (Å²) in [5.74, 6) is -0.323. The fraction of sp³-hybridized carbons (Fsp3) is 0.130. The second-order valence-electron chi connectivity index (χ2n) is 6.48. The van der Waals surface area contributed by atoms with Crippen molar-refractivity contribution in [2.24, 2.45) is 0 Å². The van der Waals surface area contributed by atoms with Gasteiger partial charge in [-0.25, -0.2) is 5.48 Å². The van der Waals surface area contributed by atoms with Gasteiger partial charge >= 0.3 is 0 Å². The lowest BCUT2D eigenvalue weighted by Gasteiger charge is -2.12. The molecule has 0 aromatic heterocycles. The minimum Gasteiger partial charge on any atom is -0.488 e. The van der Waals surface area contributed by atoms with Crippen molar-refractivity contribution in [1.29, 1.82) is 0 Å². The Morgan fingerprint density at radius 2 is 1.70 bits per heavy atom. The van der Waals surface area contributed by atoms with E-state index in [1.54, 1.807) is 23.7 Å². The summed E-state index contributed by atoms with van der Waals surface area (Å²) in [6.45, 7) is -0.0294. The first-order chi connectivity index (χ1) is 14.6. The number of fused-ring (bicyclic) bond motifs is 1. The van der Waals surface area contributed by atoms with Crippen molar-refractivity contribution in [2.45, 2.75) is 0 Å². The van der Waals surface area contributed by atoms with E-state index >= 15 is 0 Å². The quantitative estimate of drug-likeness (QED) is 0.261. The zero-order chi connectivity index (χ0) is 21.3. The number of hydrogen-bond donors (Lipinski definition) is 4. The van der Waals surface area contributed by atoms with Crippen molar-refractivity contribution in [2.75, 3.05) is 19.8 Å². The van der Waals surface area contributed by atoms with E-state index in [0.717, 1.165) is 10.8 Å². The van der Waals surface area contributed by atoms with Crippen LogP contribution in [0.1, 0.15) is 15.9 Å². The number of aliphatic hydroxyl groups excluding tert-OH is 1. The van der Waals surface area contributed by atoms with Crippen molar-refractivity contribution in [3.8, 4) is 5.75 Å². The lowest BCUT2D eigenvalue weighted by Crippen LogP contribution is -2.29. The summed E-state index contributed by atoms with van der Waals surface area (Å²) < 4.78 is 5.95. The Balaban J connectivity index is 1.84. The molecule has 0 bridgehead atoms. The highest BCUT2D eigenvalue weighted by Crippen LogP contribution is 2.25. The van der Waals surface area contributed by atoms with Gasteiger partial charge in [-0.1, -0.05) is 48.5 Å². The molecule has 7 nitrogen and oxygen atoms in total. The largest absolute Gasteiger partial charge is 0.488 e. The van der Waals surface area contributed by atoms with Gasteiger partial charge in [-0.05, 0) is 35.2 Å². The third-order valence-electron chi connectivity index (χ3n) is 4.44. The number of benzene rings is 3. The molecule has 0 radical (unpaired) electrons. The zero-order valence-corrected chi connectivity index (χ0v) is 16.2. The standard InChI is InChI=1S/C23H22N2O5/c26-13-12-24-22(27)19(14-16-8-10-18(11-9-16)23(28)25-29)15-30-21-7-3-5-17-4-1-2-6-20(17)21/h1-11,14,26,29H,12-13,15H2,(H,24,27)(H,25,28)/b19-14+. The third-order valence-corrected chi connectivity index (χ3v) is 4.44. The van der Waals surface area contributed by atoms with E-state index < -0.39 is 5.91 Å². The highest BCUT2D eigenvalue weighted by atomic mass is 16.5. The van der Waals surface area contributed by atoms with Gasteiger partial charge in [0, 0.05) is 17.5 Å². The van der Waals surface area contributed by atoms with Crippen molar-refractivity contribution in [3.63, 3.8) is 0 Å². The molecule has 3 aromatic rings. The van der Waals surface area contributed by atoms with E-state index in [2.05, 4.69) is 5.32 Å². The topological polar surface area (TPSA) is 108 Å². The Morgan fingerprint density at radius 3 is 2.43 bits per heavy atom. The van der Waals surface area contributed by atoms with Crippen LogP contribution >= 0.6 is 0 Å². The van der Waals surface area contributed by atoms with Crippen molar-refractivity contribution in [3.05, 3.63) is 83.4 Å². The normalized spacial score (nSPS) is 11.2. The Morgan fingerprint density at radius 1 is 0.967 bits per heavy atom. The molecule has 0 heterocycles. The molecule has 3 rings (SSSR count). The maximum Gasteiger partial charge on any atom is 0.274 e. The molecule has 0 spiro atoms. The number of nitrogens with one attached hydrogen (secondary N) is 2. The maximum atomic E-state index is 12.5. The second kappa shape index (κ2) is 10.2. The molecule has 4 N–H and O–H groups in total. The number of ether oxygens (including phenoxy) is 1. The molecule has 30 heavy (non-hydrogen) atoms. The van der Waals surface area contributed by atoms with Crippen LogP contribution in [0.15, 0.2) is 72.3 Å². The summed E-state index contributed by atoms with van der Waals surface area (Å²) >= 11 is 0. The van der Waals surface area contributed by atoms with E-state index in [4.69, 9.17) is 15.1 Å². The maximum absolute atomic E-state index is 12.5. The van der Waals surface area contributed by atoms with Crippen LogP contribution in [0, 0.1) is 0 Å². The molecule has 0 aliphatic heterocycles. The number of hydroxylamine groups is 1. The van der Waals surface area contributed by atoms with Crippen LogP contribution in [0.5, 0.6) is 5.75 Å². The molecule has 7 heteroatoms. The molecule has 2 amide bonds. The van der Waals surface area contributed by atoms with Gasteiger partial charge in [0.1, 0.15) is 12.4 Å². The van der Waals surface area contributed by atoms with E-state index in [0.29, 0.717) is 16.9 Å². The summed E-state index contributed by atoms with van der Waals surface area (Å²) in [5.41, 5.74) is 2.90. The summed E-state index contributed by atoms with van der Waals surface area (Å²) in [7, 11) is 0. The fourth-order valence-corrected chi connectivity index (χ4v) is 2.93. The predicted molar refractivity (Wildman–Crippen MR) is 113 cm³/mol. The SMILES string of the molecule is O=C(NCCO)/C(=C/c1ccc(C(=O)NO)cc1)COc1cccc2ccccc12. The summed E-state index contributed by atoms with van der Waals surface area (Å²) in [4.78, 5) is 24.0. The number of carbonyl (C=O) groups excluding carboxylic acids is 2. The number of aliphatic hydroxyl groups is 1. The average Bonchev–Trinajstić information content (AvgIpc) is 2.80. The molecule has 0 unspecified atom stereocenters. The molecule has 0 saturated carbocycles. The van der Waals surface area contributed by atoms with Gasteiger partial charge in [0.25, 0.3) is 11.8 Å². The van der Waals surface area contributed by atoms with Gasteiger partial charge in [0.15, 0.2) is 0 Å². The van der Waals surface area contributed by atoms with Crippen LogP contribution in [0.2, 0.25) is 0 Å². The molecule has 3 aromatic carbocycles. The third kappa shape index (κ3) is 5.22. The van der Waals surface area contributed by atoms with Crippen LogP contribution < -0.4 is 15.5 Å². The van der Waals surface area contributed by atoms with E-state index in [9.17, 15) is 9.59 Å². The van der Waals surface area contributed by atoms with E-state index in [-0.39, 0.29) is 31.2 Å². The summed E-state index contributed by atoms with van der Waals surface area (Å²) in [6.07, 6.45) is 1.65. The van der Waals surface area contributed by atoms with Crippen LogP contribution in [-0.4, -0.2) is 41.9 Å². The second-order valence-corrected chi connectivity index (χ2v) is 6.48. The summed E-state index contributed by atoms with van der Waals surface area (Å²) in [6, 6.07) is 19.9. The molecule has 0 atom stereocenters.